The molecule has 0 atom stereocenters. The maximum Gasteiger partial charge on any atom is 0.234 e. The van der Waals surface area contributed by atoms with Crippen molar-refractivity contribution in [2.75, 3.05) is 11.1 Å². The summed E-state index contributed by atoms with van der Waals surface area (Å²) in [6.07, 6.45) is 1.70. The Morgan fingerprint density at radius 2 is 1.90 bits per heavy atom. The van der Waals surface area contributed by atoms with E-state index in [0.717, 1.165) is 29.7 Å². The first-order valence-corrected chi connectivity index (χ1v) is 11.3. The molecule has 0 aliphatic rings. The van der Waals surface area contributed by atoms with Crippen LogP contribution >= 0.6 is 23.4 Å². The van der Waals surface area contributed by atoms with Gasteiger partial charge in [-0.25, -0.2) is 4.39 Å². The molecule has 1 amide bonds. The summed E-state index contributed by atoms with van der Waals surface area (Å²) in [5.74, 6) is 0.624. The Morgan fingerprint density at radius 3 is 2.55 bits per heavy atom. The zero-order valence-corrected chi connectivity index (χ0v) is 19.2. The average molecular weight is 463 g/mol. The summed E-state index contributed by atoms with van der Waals surface area (Å²) in [6.45, 7) is 4.28. The molecule has 164 valence electrons. The minimum Gasteiger partial charge on any atom is -0.486 e. The molecule has 3 aromatic rings. The molecule has 1 N–H and O–H groups in total. The van der Waals surface area contributed by atoms with E-state index < -0.39 is 5.82 Å². The molecule has 31 heavy (non-hydrogen) atoms. The highest BCUT2D eigenvalue weighted by molar-refractivity contribution is 7.99. The van der Waals surface area contributed by atoms with Gasteiger partial charge in [0.2, 0.25) is 5.91 Å². The number of anilines is 1. The van der Waals surface area contributed by atoms with Crippen molar-refractivity contribution in [3.8, 4) is 5.75 Å². The number of aromatic nitrogens is 3. The van der Waals surface area contributed by atoms with E-state index >= 15 is 0 Å². The lowest BCUT2D eigenvalue weighted by molar-refractivity contribution is -0.113. The number of hydrogen-bond donors (Lipinski definition) is 1. The molecule has 1 heterocycles. The maximum absolute atomic E-state index is 13.3. The van der Waals surface area contributed by atoms with Crippen LogP contribution in [0.5, 0.6) is 5.75 Å². The predicted molar refractivity (Wildman–Crippen MR) is 121 cm³/mol. The molecule has 0 aliphatic carbocycles. The van der Waals surface area contributed by atoms with Gasteiger partial charge in [0.15, 0.2) is 11.0 Å². The van der Waals surface area contributed by atoms with Crippen LogP contribution in [0.4, 0.5) is 10.1 Å². The molecule has 0 saturated heterocycles. The van der Waals surface area contributed by atoms with Gasteiger partial charge in [0.05, 0.1) is 10.8 Å². The second kappa shape index (κ2) is 10.6. The fourth-order valence-corrected chi connectivity index (χ4v) is 3.92. The normalized spacial score (nSPS) is 10.9. The number of carbonyl (C=O) groups is 1. The SMILES string of the molecule is CCc1cccc(CC)c1NC(=O)CSc1nnc(COc2ccc(F)c(Cl)c2)n1C. The van der Waals surface area contributed by atoms with Crippen LogP contribution < -0.4 is 10.1 Å². The van der Waals surface area contributed by atoms with E-state index in [2.05, 4.69) is 29.4 Å². The molecule has 9 heteroatoms. The van der Waals surface area contributed by atoms with Gasteiger partial charge in [-0.15, -0.1) is 10.2 Å². The topological polar surface area (TPSA) is 69.0 Å². The smallest absolute Gasteiger partial charge is 0.234 e. The Bertz CT molecular complexity index is 1050. The molecule has 0 saturated carbocycles. The van der Waals surface area contributed by atoms with Crippen molar-refractivity contribution in [2.45, 2.75) is 38.5 Å². The van der Waals surface area contributed by atoms with Gasteiger partial charge in [-0.05, 0) is 36.1 Å². The molecule has 0 fully saturated rings. The summed E-state index contributed by atoms with van der Waals surface area (Å²) in [5, 5.41) is 11.9. The van der Waals surface area contributed by atoms with Gasteiger partial charge < -0.3 is 14.6 Å². The number of thioether (sulfide) groups is 1. The van der Waals surface area contributed by atoms with E-state index in [1.165, 1.54) is 30.0 Å². The lowest BCUT2D eigenvalue weighted by Gasteiger charge is -2.14. The summed E-state index contributed by atoms with van der Waals surface area (Å²) in [6, 6.07) is 10.2. The van der Waals surface area contributed by atoms with E-state index in [4.69, 9.17) is 16.3 Å². The number of nitrogens with one attached hydrogen (secondary N) is 1. The number of hydrogen-bond acceptors (Lipinski definition) is 5. The summed E-state index contributed by atoms with van der Waals surface area (Å²) in [4.78, 5) is 12.6. The van der Waals surface area contributed by atoms with Gasteiger partial charge in [-0.1, -0.05) is 55.4 Å². The van der Waals surface area contributed by atoms with Crippen LogP contribution in [-0.4, -0.2) is 26.4 Å². The van der Waals surface area contributed by atoms with E-state index in [1.807, 2.05) is 18.2 Å². The van der Waals surface area contributed by atoms with Gasteiger partial charge in [0, 0.05) is 18.8 Å². The second-order valence-corrected chi connectivity index (χ2v) is 8.17. The number of halogens is 2. The quantitative estimate of drug-likeness (QED) is 0.451. The molecular weight excluding hydrogens is 439 g/mol. The number of rotatable bonds is 9. The molecule has 3 rings (SSSR count). The zero-order chi connectivity index (χ0) is 22.4. The van der Waals surface area contributed by atoms with Crippen molar-refractivity contribution in [2.24, 2.45) is 7.05 Å². The third kappa shape index (κ3) is 5.77. The van der Waals surface area contributed by atoms with Crippen molar-refractivity contribution < 1.29 is 13.9 Å². The Balaban J connectivity index is 1.58. The number of ether oxygens (including phenoxy) is 1. The molecule has 0 unspecified atom stereocenters. The molecule has 0 spiro atoms. The first-order chi connectivity index (χ1) is 14.9. The molecule has 2 aromatic carbocycles. The van der Waals surface area contributed by atoms with Crippen LogP contribution in [0.25, 0.3) is 0 Å². The minimum absolute atomic E-state index is 0.00593. The molecular formula is C22H24ClFN4O2S. The van der Waals surface area contributed by atoms with Crippen LogP contribution in [-0.2, 0) is 31.3 Å². The number of amides is 1. The number of benzene rings is 2. The zero-order valence-electron chi connectivity index (χ0n) is 17.6. The largest absolute Gasteiger partial charge is 0.486 e. The van der Waals surface area contributed by atoms with Crippen molar-refractivity contribution in [3.63, 3.8) is 0 Å². The highest BCUT2D eigenvalue weighted by Gasteiger charge is 2.14. The number of carbonyl (C=O) groups excluding carboxylic acids is 1. The molecule has 1 aromatic heterocycles. The van der Waals surface area contributed by atoms with E-state index in [0.29, 0.717) is 16.7 Å². The summed E-state index contributed by atoms with van der Waals surface area (Å²) in [7, 11) is 1.80. The highest BCUT2D eigenvalue weighted by atomic mass is 35.5. The third-order valence-electron chi connectivity index (χ3n) is 4.78. The van der Waals surface area contributed by atoms with E-state index in [-0.39, 0.29) is 23.3 Å². The number of nitrogens with zero attached hydrogens (tertiary/aromatic N) is 3. The standard InChI is InChI=1S/C22H24ClFN4O2S/c1-4-14-7-6-8-15(5-2)21(14)25-20(29)13-31-22-27-26-19(28(22)3)12-30-16-9-10-18(24)17(23)11-16/h6-11H,4-5,12-13H2,1-3H3,(H,25,29). The Labute approximate surface area is 190 Å². The third-order valence-corrected chi connectivity index (χ3v) is 6.09. The average Bonchev–Trinajstić information content (AvgIpc) is 3.12. The van der Waals surface area contributed by atoms with Gasteiger partial charge >= 0.3 is 0 Å². The first kappa shape index (κ1) is 23.1. The first-order valence-electron chi connectivity index (χ1n) is 9.92. The van der Waals surface area contributed by atoms with Gasteiger partial charge in [-0.3, -0.25) is 4.79 Å². The van der Waals surface area contributed by atoms with Gasteiger partial charge in [-0.2, -0.15) is 0 Å². The van der Waals surface area contributed by atoms with E-state index in [1.54, 1.807) is 11.6 Å². The van der Waals surface area contributed by atoms with Crippen LogP contribution in [0.3, 0.4) is 0 Å². The van der Waals surface area contributed by atoms with E-state index in [9.17, 15) is 9.18 Å². The highest BCUT2D eigenvalue weighted by Crippen LogP contribution is 2.24. The van der Waals surface area contributed by atoms with Crippen molar-refractivity contribution in [1.29, 1.82) is 0 Å². The minimum atomic E-state index is -0.503. The fraction of sp³-hybridized carbons (Fsp3) is 0.318. The lowest BCUT2D eigenvalue weighted by Crippen LogP contribution is -2.17. The number of aryl methyl sites for hydroxylation is 2. The number of para-hydroxylation sites is 1. The molecule has 6 nitrogen and oxygen atoms in total. The summed E-state index contributed by atoms with van der Waals surface area (Å²) >= 11 is 7.07. The maximum atomic E-state index is 13.3. The lowest BCUT2D eigenvalue weighted by atomic mass is 10.0. The predicted octanol–water partition coefficient (Wildman–Crippen LogP) is 5.04. The van der Waals surface area contributed by atoms with Crippen LogP contribution in [0, 0.1) is 5.82 Å². The van der Waals surface area contributed by atoms with Gasteiger partial charge in [0.1, 0.15) is 18.2 Å². The fourth-order valence-electron chi connectivity index (χ4n) is 3.02. The molecule has 0 radical (unpaired) electrons. The second-order valence-electron chi connectivity index (χ2n) is 6.82. The summed E-state index contributed by atoms with van der Waals surface area (Å²) in [5.41, 5.74) is 3.15. The monoisotopic (exact) mass is 462 g/mol. The van der Waals surface area contributed by atoms with Crippen LogP contribution in [0.1, 0.15) is 30.8 Å². The Hall–Kier alpha value is -2.58. The molecule has 0 aliphatic heterocycles. The van der Waals surface area contributed by atoms with Crippen molar-refractivity contribution in [3.05, 3.63) is 64.2 Å². The summed E-state index contributed by atoms with van der Waals surface area (Å²) < 4.78 is 20.6. The molecule has 0 bridgehead atoms. The van der Waals surface area contributed by atoms with Crippen LogP contribution in [0.2, 0.25) is 5.02 Å². The van der Waals surface area contributed by atoms with Gasteiger partial charge in [0.25, 0.3) is 0 Å². The van der Waals surface area contributed by atoms with Crippen molar-refractivity contribution in [1.82, 2.24) is 14.8 Å². The Morgan fingerprint density at radius 1 is 1.19 bits per heavy atom. The van der Waals surface area contributed by atoms with Crippen LogP contribution in [0.15, 0.2) is 41.6 Å². The van der Waals surface area contributed by atoms with Crippen molar-refractivity contribution >= 4 is 35.0 Å². The Kier molecular flexibility index (Phi) is 7.92.